The lowest BCUT2D eigenvalue weighted by molar-refractivity contribution is 0.0728. The molecule has 21 heavy (non-hydrogen) atoms. The van der Waals surface area contributed by atoms with Crippen LogP contribution in [-0.2, 0) is 6.54 Å². The minimum Gasteiger partial charge on any atom is -0.399 e. The van der Waals surface area contributed by atoms with Gasteiger partial charge in [0.05, 0.1) is 22.8 Å². The largest absolute Gasteiger partial charge is 0.399 e. The summed E-state index contributed by atoms with van der Waals surface area (Å²) in [4.78, 5) is 18.9. The fourth-order valence-electron chi connectivity index (χ4n) is 2.28. The van der Waals surface area contributed by atoms with Crippen molar-refractivity contribution in [3.05, 3.63) is 58.9 Å². The van der Waals surface area contributed by atoms with Crippen molar-refractivity contribution < 1.29 is 4.79 Å². The number of hydrogen-bond acceptors (Lipinski definition) is 3. The maximum atomic E-state index is 12.7. The summed E-state index contributed by atoms with van der Waals surface area (Å²) in [7, 11) is 0. The maximum absolute atomic E-state index is 12.7. The molecule has 0 aliphatic heterocycles. The molecule has 0 spiro atoms. The first-order valence-electron chi connectivity index (χ1n) is 6.91. The minimum absolute atomic E-state index is 0.0619. The Morgan fingerprint density at radius 1 is 1.33 bits per heavy atom. The molecule has 4 nitrogen and oxygen atoms in total. The molecule has 1 aliphatic rings. The van der Waals surface area contributed by atoms with Gasteiger partial charge in [-0.15, -0.1) is 0 Å². The average molecular weight is 302 g/mol. The first-order valence-corrected chi connectivity index (χ1v) is 7.29. The molecule has 0 atom stereocenters. The molecule has 1 aliphatic carbocycles. The third-order valence-electron chi connectivity index (χ3n) is 3.53. The Morgan fingerprint density at radius 2 is 2.14 bits per heavy atom. The molecule has 1 aromatic carbocycles. The number of anilines is 1. The Labute approximate surface area is 128 Å². The molecular weight excluding hydrogens is 286 g/mol. The number of pyridine rings is 1. The van der Waals surface area contributed by atoms with E-state index in [-0.39, 0.29) is 11.9 Å². The molecule has 1 amide bonds. The summed E-state index contributed by atoms with van der Waals surface area (Å²) in [6, 6.07) is 11.0. The summed E-state index contributed by atoms with van der Waals surface area (Å²) < 4.78 is 0. The molecule has 0 saturated heterocycles. The van der Waals surface area contributed by atoms with Crippen molar-refractivity contribution in [3.8, 4) is 0 Å². The van der Waals surface area contributed by atoms with Gasteiger partial charge in [0.2, 0.25) is 0 Å². The number of carbonyl (C=O) groups excluding carboxylic acids is 1. The van der Waals surface area contributed by atoms with Crippen LogP contribution in [0.2, 0.25) is 5.02 Å². The smallest absolute Gasteiger partial charge is 0.255 e. The highest BCUT2D eigenvalue weighted by atomic mass is 35.5. The van der Waals surface area contributed by atoms with Crippen molar-refractivity contribution in [3.63, 3.8) is 0 Å². The first kappa shape index (κ1) is 13.9. The van der Waals surface area contributed by atoms with Gasteiger partial charge in [0.1, 0.15) is 0 Å². The maximum Gasteiger partial charge on any atom is 0.255 e. The molecule has 2 aromatic rings. The second kappa shape index (κ2) is 5.74. The molecule has 1 saturated carbocycles. The summed E-state index contributed by atoms with van der Waals surface area (Å²) in [6.45, 7) is 0.505. The standard InChI is InChI=1S/C16H16ClN3O/c17-15-9-11(18)4-7-14(15)16(21)20(13-5-6-13)10-12-3-1-2-8-19-12/h1-4,7-9,13H,5-6,10,18H2. The van der Waals surface area contributed by atoms with E-state index in [1.54, 1.807) is 24.4 Å². The highest BCUT2D eigenvalue weighted by Gasteiger charge is 2.34. The lowest BCUT2D eigenvalue weighted by atomic mass is 10.1. The van der Waals surface area contributed by atoms with Crippen molar-refractivity contribution in [1.82, 2.24) is 9.88 Å². The van der Waals surface area contributed by atoms with Crippen LogP contribution in [0.15, 0.2) is 42.6 Å². The Morgan fingerprint density at radius 3 is 2.76 bits per heavy atom. The fraction of sp³-hybridized carbons (Fsp3) is 0.250. The van der Waals surface area contributed by atoms with E-state index in [0.717, 1.165) is 18.5 Å². The van der Waals surface area contributed by atoms with E-state index in [0.29, 0.717) is 22.8 Å². The van der Waals surface area contributed by atoms with E-state index in [4.69, 9.17) is 17.3 Å². The predicted molar refractivity (Wildman–Crippen MR) is 83.0 cm³/mol. The number of amides is 1. The molecule has 1 fully saturated rings. The van der Waals surface area contributed by atoms with E-state index < -0.39 is 0 Å². The van der Waals surface area contributed by atoms with Gasteiger partial charge in [-0.1, -0.05) is 17.7 Å². The van der Waals surface area contributed by atoms with Crippen LogP contribution in [0, 0.1) is 0 Å². The molecule has 2 N–H and O–H groups in total. The van der Waals surface area contributed by atoms with Gasteiger partial charge in [-0.2, -0.15) is 0 Å². The van der Waals surface area contributed by atoms with Crippen molar-refractivity contribution in [1.29, 1.82) is 0 Å². The van der Waals surface area contributed by atoms with Crippen LogP contribution in [0.3, 0.4) is 0 Å². The van der Waals surface area contributed by atoms with Gasteiger partial charge in [-0.25, -0.2) is 0 Å². The fourth-order valence-corrected chi connectivity index (χ4v) is 2.55. The van der Waals surface area contributed by atoms with Crippen molar-refractivity contribution in [2.45, 2.75) is 25.4 Å². The van der Waals surface area contributed by atoms with Crippen molar-refractivity contribution in [2.75, 3.05) is 5.73 Å². The van der Waals surface area contributed by atoms with Gasteiger partial charge in [-0.05, 0) is 43.2 Å². The number of carbonyl (C=O) groups is 1. The molecule has 1 heterocycles. The molecule has 0 unspecified atom stereocenters. The molecule has 1 aromatic heterocycles. The quantitative estimate of drug-likeness (QED) is 0.883. The van der Waals surface area contributed by atoms with Crippen LogP contribution >= 0.6 is 11.6 Å². The lowest BCUT2D eigenvalue weighted by Crippen LogP contribution is -2.33. The van der Waals surface area contributed by atoms with Crippen LogP contribution in [0.25, 0.3) is 0 Å². The molecule has 108 valence electrons. The van der Waals surface area contributed by atoms with Crippen LogP contribution in [0.4, 0.5) is 5.69 Å². The number of rotatable bonds is 4. The number of hydrogen-bond donors (Lipinski definition) is 1. The van der Waals surface area contributed by atoms with Crippen molar-refractivity contribution >= 4 is 23.2 Å². The summed E-state index contributed by atoms with van der Waals surface area (Å²) in [5.41, 5.74) is 7.61. The number of halogens is 1. The highest BCUT2D eigenvalue weighted by Crippen LogP contribution is 2.31. The van der Waals surface area contributed by atoms with E-state index in [1.807, 2.05) is 23.1 Å². The van der Waals surface area contributed by atoms with E-state index in [2.05, 4.69) is 4.98 Å². The van der Waals surface area contributed by atoms with E-state index in [9.17, 15) is 4.79 Å². The average Bonchev–Trinajstić information content (AvgIpc) is 3.30. The molecule has 0 radical (unpaired) electrons. The van der Waals surface area contributed by atoms with Crippen LogP contribution in [0.5, 0.6) is 0 Å². The summed E-state index contributed by atoms with van der Waals surface area (Å²) in [6.07, 6.45) is 3.80. The number of aromatic nitrogens is 1. The van der Waals surface area contributed by atoms with Crippen LogP contribution < -0.4 is 5.73 Å². The third kappa shape index (κ3) is 3.16. The Bertz CT molecular complexity index is 656. The van der Waals surface area contributed by atoms with Gasteiger partial charge >= 0.3 is 0 Å². The molecule has 0 bridgehead atoms. The van der Waals surface area contributed by atoms with E-state index >= 15 is 0 Å². The monoisotopic (exact) mass is 301 g/mol. The van der Waals surface area contributed by atoms with Crippen molar-refractivity contribution in [2.24, 2.45) is 0 Å². The topological polar surface area (TPSA) is 59.2 Å². The Kier molecular flexibility index (Phi) is 3.80. The first-order chi connectivity index (χ1) is 10.1. The summed E-state index contributed by atoms with van der Waals surface area (Å²) in [5.74, 6) is -0.0619. The zero-order valence-corrected chi connectivity index (χ0v) is 12.3. The zero-order chi connectivity index (χ0) is 14.8. The normalized spacial score (nSPS) is 14.0. The van der Waals surface area contributed by atoms with Gasteiger partial charge in [-0.3, -0.25) is 9.78 Å². The Hall–Kier alpha value is -2.07. The minimum atomic E-state index is -0.0619. The highest BCUT2D eigenvalue weighted by molar-refractivity contribution is 6.34. The number of nitrogens with two attached hydrogens (primary N) is 1. The van der Waals surface area contributed by atoms with Gasteiger partial charge in [0.25, 0.3) is 5.91 Å². The Balaban J connectivity index is 1.85. The predicted octanol–water partition coefficient (Wildman–Crippen LogP) is 3.12. The zero-order valence-electron chi connectivity index (χ0n) is 11.5. The second-order valence-electron chi connectivity index (χ2n) is 5.22. The second-order valence-corrected chi connectivity index (χ2v) is 5.63. The number of nitrogens with zero attached hydrogens (tertiary/aromatic N) is 2. The van der Waals surface area contributed by atoms with Gasteiger partial charge < -0.3 is 10.6 Å². The molecule has 3 rings (SSSR count). The van der Waals surface area contributed by atoms with Gasteiger partial charge in [0.15, 0.2) is 0 Å². The van der Waals surface area contributed by atoms with Crippen LogP contribution in [-0.4, -0.2) is 21.8 Å². The third-order valence-corrected chi connectivity index (χ3v) is 3.84. The van der Waals surface area contributed by atoms with E-state index in [1.165, 1.54) is 0 Å². The number of benzene rings is 1. The number of nitrogen functional groups attached to an aromatic ring is 1. The summed E-state index contributed by atoms with van der Waals surface area (Å²) in [5, 5.41) is 0.395. The van der Waals surface area contributed by atoms with Crippen LogP contribution in [0.1, 0.15) is 28.9 Å². The SMILES string of the molecule is Nc1ccc(C(=O)N(Cc2ccccn2)C2CC2)c(Cl)c1. The molecular formula is C16H16ClN3O. The lowest BCUT2D eigenvalue weighted by Gasteiger charge is -2.22. The van der Waals surface area contributed by atoms with Gasteiger partial charge in [0, 0.05) is 17.9 Å². The molecule has 5 heteroatoms. The summed E-state index contributed by atoms with van der Waals surface area (Å²) >= 11 is 6.15.